The molecule has 0 spiro atoms. The molecule has 0 aliphatic carbocycles. The number of carboxylic acid groups (broad SMARTS) is 1. The lowest BCUT2D eigenvalue weighted by molar-refractivity contribution is -0.141. The highest BCUT2D eigenvalue weighted by molar-refractivity contribution is 5.69. The highest BCUT2D eigenvalue weighted by Crippen LogP contribution is 2.18. The topological polar surface area (TPSA) is 37.3 Å². The van der Waals surface area contributed by atoms with E-state index in [9.17, 15) is 4.79 Å². The molecule has 2 heteroatoms. The molecule has 0 saturated heterocycles. The molecule has 1 rings (SSSR count). The quantitative estimate of drug-likeness (QED) is 0.780. The second-order valence-electron chi connectivity index (χ2n) is 4.96. The maximum Gasteiger partial charge on any atom is 0.306 e. The van der Waals surface area contributed by atoms with E-state index in [0.717, 1.165) is 25.7 Å². The van der Waals surface area contributed by atoms with Crippen molar-refractivity contribution in [2.24, 2.45) is 11.8 Å². The molecule has 1 aromatic rings. The van der Waals surface area contributed by atoms with Crippen LogP contribution in [-0.4, -0.2) is 11.1 Å². The fraction of sp³-hybridized carbons (Fsp3) is 0.533. The van der Waals surface area contributed by atoms with Crippen LogP contribution < -0.4 is 0 Å². The van der Waals surface area contributed by atoms with Gasteiger partial charge in [0.2, 0.25) is 0 Å². The molecular formula is C15H22O2. The Morgan fingerprint density at radius 3 is 2.47 bits per heavy atom. The number of aryl methyl sites for hydroxylation is 1. The average Bonchev–Trinajstić information content (AvgIpc) is 2.30. The summed E-state index contributed by atoms with van der Waals surface area (Å²) in [6.07, 6.45) is 4.11. The third-order valence-electron chi connectivity index (χ3n) is 3.18. The fourth-order valence-corrected chi connectivity index (χ4v) is 2.12. The van der Waals surface area contributed by atoms with Crippen LogP contribution in [0.5, 0.6) is 0 Å². The van der Waals surface area contributed by atoms with Crippen molar-refractivity contribution in [3.63, 3.8) is 0 Å². The maximum atomic E-state index is 10.7. The third kappa shape index (κ3) is 5.53. The Balaban J connectivity index is 2.20. The van der Waals surface area contributed by atoms with Gasteiger partial charge in [-0.25, -0.2) is 0 Å². The summed E-state index contributed by atoms with van der Waals surface area (Å²) in [7, 11) is 0. The minimum Gasteiger partial charge on any atom is -0.481 e. The van der Waals surface area contributed by atoms with Gasteiger partial charge in [-0.05, 0) is 30.7 Å². The molecule has 0 bridgehead atoms. The summed E-state index contributed by atoms with van der Waals surface area (Å²) in [6, 6.07) is 10.4. The molecule has 0 aliphatic heterocycles. The first kappa shape index (κ1) is 13.8. The van der Waals surface area contributed by atoms with Crippen molar-refractivity contribution in [2.45, 2.75) is 39.5 Å². The van der Waals surface area contributed by atoms with Gasteiger partial charge in [-0.15, -0.1) is 0 Å². The number of carbonyl (C=O) groups is 1. The predicted molar refractivity (Wildman–Crippen MR) is 70.0 cm³/mol. The highest BCUT2D eigenvalue weighted by atomic mass is 16.4. The molecule has 0 amide bonds. The number of hydrogen-bond acceptors (Lipinski definition) is 1. The van der Waals surface area contributed by atoms with Crippen LogP contribution in [0.2, 0.25) is 0 Å². The van der Waals surface area contributed by atoms with Gasteiger partial charge in [0.05, 0.1) is 5.92 Å². The van der Waals surface area contributed by atoms with Crippen LogP contribution in [-0.2, 0) is 11.2 Å². The molecule has 17 heavy (non-hydrogen) atoms. The molecule has 1 aromatic carbocycles. The molecule has 2 nitrogen and oxygen atoms in total. The Hall–Kier alpha value is -1.31. The van der Waals surface area contributed by atoms with E-state index in [1.807, 2.05) is 6.07 Å². The number of carboxylic acids is 1. The molecule has 0 aromatic heterocycles. The van der Waals surface area contributed by atoms with Crippen LogP contribution in [0.4, 0.5) is 0 Å². The third-order valence-corrected chi connectivity index (χ3v) is 3.18. The maximum absolute atomic E-state index is 10.7. The van der Waals surface area contributed by atoms with Gasteiger partial charge < -0.3 is 5.11 Å². The first-order chi connectivity index (χ1) is 8.09. The van der Waals surface area contributed by atoms with Gasteiger partial charge in [0, 0.05) is 0 Å². The van der Waals surface area contributed by atoms with E-state index in [-0.39, 0.29) is 5.92 Å². The van der Waals surface area contributed by atoms with Crippen LogP contribution in [0.15, 0.2) is 30.3 Å². The van der Waals surface area contributed by atoms with Crippen LogP contribution in [0, 0.1) is 11.8 Å². The molecule has 0 radical (unpaired) electrons. The van der Waals surface area contributed by atoms with Crippen molar-refractivity contribution < 1.29 is 9.90 Å². The Labute approximate surface area is 104 Å². The van der Waals surface area contributed by atoms with Gasteiger partial charge in [0.1, 0.15) is 0 Å². The van der Waals surface area contributed by atoms with Crippen molar-refractivity contribution in [2.75, 3.05) is 0 Å². The largest absolute Gasteiger partial charge is 0.481 e. The molecular weight excluding hydrogens is 212 g/mol. The second-order valence-corrected chi connectivity index (χ2v) is 4.96. The van der Waals surface area contributed by atoms with E-state index < -0.39 is 5.97 Å². The second kappa shape index (κ2) is 7.10. The molecule has 2 atom stereocenters. The van der Waals surface area contributed by atoms with Crippen molar-refractivity contribution in [1.29, 1.82) is 0 Å². The Morgan fingerprint density at radius 2 is 1.88 bits per heavy atom. The van der Waals surface area contributed by atoms with Crippen molar-refractivity contribution in [3.05, 3.63) is 35.9 Å². The monoisotopic (exact) mass is 234 g/mol. The van der Waals surface area contributed by atoms with Crippen molar-refractivity contribution >= 4 is 5.97 Å². The highest BCUT2D eigenvalue weighted by Gasteiger charge is 2.14. The summed E-state index contributed by atoms with van der Waals surface area (Å²) in [5, 5.41) is 8.83. The molecule has 0 aliphatic rings. The molecule has 0 saturated carbocycles. The molecule has 94 valence electrons. The van der Waals surface area contributed by atoms with Gasteiger partial charge >= 0.3 is 5.97 Å². The molecule has 0 fully saturated rings. The minimum atomic E-state index is -0.681. The van der Waals surface area contributed by atoms with Crippen LogP contribution in [0.3, 0.4) is 0 Å². The predicted octanol–water partition coefficient (Wildman–Crippen LogP) is 3.76. The van der Waals surface area contributed by atoms with Gasteiger partial charge in [0.25, 0.3) is 0 Å². The van der Waals surface area contributed by atoms with Gasteiger partial charge in [-0.1, -0.05) is 50.6 Å². The van der Waals surface area contributed by atoms with Gasteiger partial charge in [-0.2, -0.15) is 0 Å². The van der Waals surface area contributed by atoms with Crippen molar-refractivity contribution in [3.8, 4) is 0 Å². The van der Waals surface area contributed by atoms with Gasteiger partial charge in [0.15, 0.2) is 0 Å². The van der Waals surface area contributed by atoms with Crippen LogP contribution in [0.25, 0.3) is 0 Å². The molecule has 1 N–H and O–H groups in total. The van der Waals surface area contributed by atoms with Crippen LogP contribution in [0.1, 0.15) is 38.7 Å². The standard InChI is InChI=1S/C15H22O2/c1-12(11-13(2)15(16)17)7-6-10-14-8-4-3-5-9-14/h3-5,8-9,12-13H,6-7,10-11H2,1-2H3,(H,16,17). The summed E-state index contributed by atoms with van der Waals surface area (Å²) in [5.41, 5.74) is 1.37. The van der Waals surface area contributed by atoms with Crippen LogP contribution >= 0.6 is 0 Å². The van der Waals surface area contributed by atoms with E-state index in [4.69, 9.17) is 5.11 Å². The van der Waals surface area contributed by atoms with E-state index in [1.54, 1.807) is 6.92 Å². The Bertz CT molecular complexity index is 332. The molecule has 2 unspecified atom stereocenters. The first-order valence-corrected chi connectivity index (χ1v) is 6.36. The number of rotatable bonds is 7. The number of aliphatic carboxylic acids is 1. The van der Waals surface area contributed by atoms with Gasteiger partial charge in [-0.3, -0.25) is 4.79 Å². The zero-order chi connectivity index (χ0) is 12.7. The first-order valence-electron chi connectivity index (χ1n) is 6.36. The SMILES string of the molecule is CC(CCCc1ccccc1)CC(C)C(=O)O. The average molecular weight is 234 g/mol. The zero-order valence-corrected chi connectivity index (χ0v) is 10.7. The van der Waals surface area contributed by atoms with E-state index in [0.29, 0.717) is 5.92 Å². The summed E-state index contributed by atoms with van der Waals surface area (Å²) in [4.78, 5) is 10.7. The summed E-state index contributed by atoms with van der Waals surface area (Å²) in [6.45, 7) is 3.93. The normalized spacial score (nSPS) is 14.2. The number of benzene rings is 1. The summed E-state index contributed by atoms with van der Waals surface area (Å²) >= 11 is 0. The molecule has 0 heterocycles. The van der Waals surface area contributed by atoms with Crippen molar-refractivity contribution in [1.82, 2.24) is 0 Å². The lowest BCUT2D eigenvalue weighted by Crippen LogP contribution is -2.13. The fourth-order valence-electron chi connectivity index (χ4n) is 2.12. The zero-order valence-electron chi connectivity index (χ0n) is 10.7. The summed E-state index contributed by atoms with van der Waals surface area (Å²) in [5.74, 6) is -0.411. The van der Waals surface area contributed by atoms with E-state index >= 15 is 0 Å². The van der Waals surface area contributed by atoms with E-state index in [1.165, 1.54) is 5.56 Å². The lowest BCUT2D eigenvalue weighted by Gasteiger charge is -2.13. The van der Waals surface area contributed by atoms with E-state index in [2.05, 4.69) is 31.2 Å². The Kier molecular flexibility index (Phi) is 5.75. The Morgan fingerprint density at radius 1 is 1.24 bits per heavy atom. The lowest BCUT2D eigenvalue weighted by atomic mass is 9.92. The minimum absolute atomic E-state index is 0.221. The summed E-state index contributed by atoms with van der Waals surface area (Å²) < 4.78 is 0. The number of hydrogen-bond donors (Lipinski definition) is 1. The smallest absolute Gasteiger partial charge is 0.306 e.